The van der Waals surface area contributed by atoms with Gasteiger partial charge in [-0.1, -0.05) is 18.2 Å². The number of aromatic nitrogens is 2. The summed E-state index contributed by atoms with van der Waals surface area (Å²) in [5.74, 6) is -1.31. The number of halogens is 3. The van der Waals surface area contributed by atoms with Gasteiger partial charge in [0, 0.05) is 6.04 Å². The predicted octanol–water partition coefficient (Wildman–Crippen LogP) is 3.66. The van der Waals surface area contributed by atoms with Crippen LogP contribution in [0.1, 0.15) is 31.4 Å². The Kier molecular flexibility index (Phi) is 5.57. The van der Waals surface area contributed by atoms with Crippen molar-refractivity contribution in [1.82, 2.24) is 15.1 Å². The number of amides is 2. The lowest BCUT2D eigenvalue weighted by Gasteiger charge is -2.26. The van der Waals surface area contributed by atoms with E-state index in [2.05, 4.69) is 15.7 Å². The molecule has 0 unspecified atom stereocenters. The number of carbonyl (C=O) groups excluding carboxylic acids is 1. The number of urea groups is 1. The molecule has 0 radical (unpaired) electrons. The van der Waals surface area contributed by atoms with Crippen LogP contribution in [0.5, 0.6) is 0 Å². The van der Waals surface area contributed by atoms with Crippen molar-refractivity contribution < 1.29 is 27.9 Å². The van der Waals surface area contributed by atoms with E-state index in [-0.39, 0.29) is 11.7 Å². The van der Waals surface area contributed by atoms with Gasteiger partial charge in [0.2, 0.25) is 0 Å². The Morgan fingerprint density at radius 2 is 1.75 bits per heavy atom. The molecular formula is C18H19F3N4O3. The number of carboxylic acids is 1. The number of anilines is 1. The molecule has 0 saturated heterocycles. The first-order valence-electron chi connectivity index (χ1n) is 8.76. The Hall–Kier alpha value is -3.04. The summed E-state index contributed by atoms with van der Waals surface area (Å²) in [4.78, 5) is 23.1. The number of benzene rings is 1. The van der Waals surface area contributed by atoms with Gasteiger partial charge < -0.3 is 15.7 Å². The van der Waals surface area contributed by atoms with Crippen LogP contribution in [0.4, 0.5) is 23.7 Å². The standard InChI is InChI=1S/C18H19F3N4O3/c19-18(20,21)15-14(10-22-25(15)13-4-2-1-3-5-13)24-17(28)23-12-8-6-11(7-9-12)16(26)27/h1-5,10-12H,6-9H2,(H,26,27)(H2,23,24,28). The Labute approximate surface area is 158 Å². The molecule has 28 heavy (non-hydrogen) atoms. The fourth-order valence-corrected chi connectivity index (χ4v) is 3.31. The summed E-state index contributed by atoms with van der Waals surface area (Å²) >= 11 is 0. The number of carbonyl (C=O) groups is 2. The molecule has 1 aromatic heterocycles. The minimum atomic E-state index is -4.73. The number of hydrogen-bond acceptors (Lipinski definition) is 3. The van der Waals surface area contributed by atoms with Gasteiger partial charge in [-0.15, -0.1) is 0 Å². The quantitative estimate of drug-likeness (QED) is 0.735. The molecule has 150 valence electrons. The highest BCUT2D eigenvalue weighted by Crippen LogP contribution is 2.36. The van der Waals surface area contributed by atoms with Crippen molar-refractivity contribution in [3.05, 3.63) is 42.2 Å². The molecule has 7 nitrogen and oxygen atoms in total. The van der Waals surface area contributed by atoms with E-state index in [0.29, 0.717) is 25.7 Å². The van der Waals surface area contributed by atoms with E-state index in [1.165, 1.54) is 12.1 Å². The number of rotatable bonds is 4. The van der Waals surface area contributed by atoms with Crippen molar-refractivity contribution in [1.29, 1.82) is 0 Å². The van der Waals surface area contributed by atoms with Gasteiger partial charge >= 0.3 is 18.2 Å². The maximum absolute atomic E-state index is 13.6. The van der Waals surface area contributed by atoms with E-state index < -0.39 is 35.5 Å². The van der Waals surface area contributed by atoms with Gasteiger partial charge in [0.25, 0.3) is 0 Å². The van der Waals surface area contributed by atoms with Gasteiger partial charge in [-0.3, -0.25) is 4.79 Å². The summed E-state index contributed by atoms with van der Waals surface area (Å²) in [6.07, 6.45) is -2.02. The van der Waals surface area contributed by atoms with E-state index in [0.717, 1.165) is 10.9 Å². The molecule has 1 aliphatic rings. The van der Waals surface area contributed by atoms with E-state index in [1.54, 1.807) is 18.2 Å². The third-order valence-corrected chi connectivity index (χ3v) is 4.70. The lowest BCUT2D eigenvalue weighted by molar-refractivity contribution is -0.143. The van der Waals surface area contributed by atoms with Crippen molar-refractivity contribution in [2.45, 2.75) is 37.9 Å². The monoisotopic (exact) mass is 396 g/mol. The van der Waals surface area contributed by atoms with Crippen LogP contribution >= 0.6 is 0 Å². The molecule has 3 N–H and O–H groups in total. The minimum absolute atomic E-state index is 0.218. The largest absolute Gasteiger partial charge is 0.481 e. The van der Waals surface area contributed by atoms with Gasteiger partial charge in [-0.25, -0.2) is 9.48 Å². The second kappa shape index (κ2) is 7.91. The first-order chi connectivity index (χ1) is 13.3. The van der Waals surface area contributed by atoms with Gasteiger partial charge in [-0.05, 0) is 37.8 Å². The highest BCUT2D eigenvalue weighted by atomic mass is 19.4. The lowest BCUT2D eigenvalue weighted by atomic mass is 9.86. The molecule has 1 aromatic carbocycles. The molecule has 0 atom stereocenters. The number of carboxylic acid groups (broad SMARTS) is 1. The topological polar surface area (TPSA) is 96.3 Å². The van der Waals surface area contributed by atoms with E-state index in [9.17, 15) is 22.8 Å². The van der Waals surface area contributed by atoms with E-state index >= 15 is 0 Å². The van der Waals surface area contributed by atoms with Gasteiger partial charge in [0.1, 0.15) is 0 Å². The molecule has 0 spiro atoms. The Morgan fingerprint density at radius 3 is 2.32 bits per heavy atom. The summed E-state index contributed by atoms with van der Waals surface area (Å²) in [5.41, 5.74) is -1.31. The summed E-state index contributed by atoms with van der Waals surface area (Å²) < 4.78 is 41.4. The molecular weight excluding hydrogens is 377 g/mol. The molecule has 1 aliphatic carbocycles. The number of aliphatic carboxylic acids is 1. The zero-order chi connectivity index (χ0) is 20.3. The number of alkyl halides is 3. The summed E-state index contributed by atoms with van der Waals surface area (Å²) in [5, 5.41) is 17.6. The van der Waals surface area contributed by atoms with Crippen LogP contribution in [0.25, 0.3) is 5.69 Å². The Bertz CT molecular complexity index is 844. The zero-order valence-electron chi connectivity index (χ0n) is 14.7. The third-order valence-electron chi connectivity index (χ3n) is 4.70. The number of hydrogen-bond donors (Lipinski definition) is 3. The minimum Gasteiger partial charge on any atom is -0.481 e. The van der Waals surface area contributed by atoms with Crippen LogP contribution < -0.4 is 10.6 Å². The molecule has 2 aromatic rings. The number of para-hydroxylation sites is 1. The molecule has 1 heterocycles. The highest BCUT2D eigenvalue weighted by molar-refractivity contribution is 5.90. The van der Waals surface area contributed by atoms with Crippen molar-refractivity contribution in [3.8, 4) is 5.69 Å². The summed E-state index contributed by atoms with van der Waals surface area (Å²) in [6, 6.07) is 6.74. The SMILES string of the molecule is O=C(Nc1cnn(-c2ccccc2)c1C(F)(F)F)NC1CCC(C(=O)O)CC1. The first kappa shape index (κ1) is 19.7. The van der Waals surface area contributed by atoms with Crippen LogP contribution in [-0.2, 0) is 11.0 Å². The van der Waals surface area contributed by atoms with Crippen molar-refractivity contribution in [3.63, 3.8) is 0 Å². The van der Waals surface area contributed by atoms with Gasteiger partial charge in [-0.2, -0.15) is 18.3 Å². The zero-order valence-corrected chi connectivity index (χ0v) is 14.7. The normalized spacial score (nSPS) is 19.8. The predicted molar refractivity (Wildman–Crippen MR) is 94.1 cm³/mol. The number of nitrogens with zero attached hydrogens (tertiary/aromatic N) is 2. The maximum Gasteiger partial charge on any atom is 0.435 e. The van der Waals surface area contributed by atoms with Crippen molar-refractivity contribution in [2.24, 2.45) is 5.92 Å². The van der Waals surface area contributed by atoms with Crippen LogP contribution in [0, 0.1) is 5.92 Å². The van der Waals surface area contributed by atoms with E-state index in [4.69, 9.17) is 5.11 Å². The fourth-order valence-electron chi connectivity index (χ4n) is 3.31. The summed E-state index contributed by atoms with van der Waals surface area (Å²) in [6.45, 7) is 0. The molecule has 0 aliphatic heterocycles. The highest BCUT2D eigenvalue weighted by Gasteiger charge is 2.39. The van der Waals surface area contributed by atoms with Gasteiger partial charge in [0.05, 0.1) is 23.5 Å². The maximum atomic E-state index is 13.6. The third kappa shape index (κ3) is 4.44. The molecule has 3 rings (SSSR count). The second-order valence-electron chi connectivity index (χ2n) is 6.64. The van der Waals surface area contributed by atoms with Crippen LogP contribution in [0.3, 0.4) is 0 Å². The number of nitrogens with one attached hydrogen (secondary N) is 2. The molecule has 10 heteroatoms. The second-order valence-corrected chi connectivity index (χ2v) is 6.64. The average Bonchev–Trinajstić information content (AvgIpc) is 3.06. The Balaban J connectivity index is 1.71. The lowest BCUT2D eigenvalue weighted by Crippen LogP contribution is -2.41. The first-order valence-corrected chi connectivity index (χ1v) is 8.76. The van der Waals surface area contributed by atoms with Crippen LogP contribution in [0.2, 0.25) is 0 Å². The summed E-state index contributed by atoms with van der Waals surface area (Å²) in [7, 11) is 0. The average molecular weight is 396 g/mol. The van der Waals surface area contributed by atoms with Crippen LogP contribution in [0.15, 0.2) is 36.5 Å². The molecule has 1 fully saturated rings. The van der Waals surface area contributed by atoms with Crippen molar-refractivity contribution >= 4 is 17.7 Å². The molecule has 0 bridgehead atoms. The Morgan fingerprint density at radius 1 is 1.11 bits per heavy atom. The van der Waals surface area contributed by atoms with Crippen molar-refractivity contribution in [2.75, 3.05) is 5.32 Å². The fraction of sp³-hybridized carbons (Fsp3) is 0.389. The van der Waals surface area contributed by atoms with Crippen LogP contribution in [-0.4, -0.2) is 32.9 Å². The van der Waals surface area contributed by atoms with Gasteiger partial charge in [0.15, 0.2) is 5.69 Å². The molecule has 1 saturated carbocycles. The van der Waals surface area contributed by atoms with E-state index in [1.807, 2.05) is 0 Å². The smallest absolute Gasteiger partial charge is 0.435 e. The molecule has 2 amide bonds.